The van der Waals surface area contributed by atoms with E-state index in [2.05, 4.69) is 72.2 Å². The Bertz CT molecular complexity index is 667. The zero-order valence-corrected chi connectivity index (χ0v) is 12.5. The van der Waals surface area contributed by atoms with Crippen LogP contribution >= 0.6 is 11.3 Å². The van der Waals surface area contributed by atoms with E-state index in [4.69, 9.17) is 0 Å². The van der Waals surface area contributed by atoms with Crippen LogP contribution in [0.25, 0.3) is 10.8 Å². The third-order valence-electron chi connectivity index (χ3n) is 3.71. The second kappa shape index (κ2) is 6.21. The Kier molecular flexibility index (Phi) is 4.14. The Balaban J connectivity index is 1.80. The zero-order valence-electron chi connectivity index (χ0n) is 11.7. The maximum absolute atomic E-state index is 3.69. The van der Waals surface area contributed by atoms with Crippen molar-refractivity contribution in [3.63, 3.8) is 0 Å². The van der Waals surface area contributed by atoms with Crippen molar-refractivity contribution in [3.05, 3.63) is 70.4 Å². The van der Waals surface area contributed by atoms with Crippen LogP contribution in [0.5, 0.6) is 0 Å². The summed E-state index contributed by atoms with van der Waals surface area (Å²) in [7, 11) is 0. The molecule has 0 aliphatic rings. The minimum absolute atomic E-state index is 0.453. The molecule has 1 nitrogen and oxygen atoms in total. The van der Waals surface area contributed by atoms with Gasteiger partial charge in [-0.3, -0.25) is 0 Å². The lowest BCUT2D eigenvalue weighted by Gasteiger charge is -2.16. The van der Waals surface area contributed by atoms with E-state index in [0.29, 0.717) is 6.04 Å². The number of rotatable bonds is 5. The molecule has 1 heterocycles. The first-order chi connectivity index (χ1) is 9.88. The highest BCUT2D eigenvalue weighted by Gasteiger charge is 2.10. The topological polar surface area (TPSA) is 12.0 Å². The highest BCUT2D eigenvalue weighted by atomic mass is 32.1. The minimum Gasteiger partial charge on any atom is -0.305 e. The van der Waals surface area contributed by atoms with Crippen LogP contribution in [-0.2, 0) is 6.54 Å². The van der Waals surface area contributed by atoms with Crippen LogP contribution in [0.15, 0.2) is 60.0 Å². The van der Waals surface area contributed by atoms with Crippen molar-refractivity contribution < 1.29 is 0 Å². The summed E-state index contributed by atoms with van der Waals surface area (Å²) >= 11 is 1.83. The van der Waals surface area contributed by atoms with E-state index in [1.54, 1.807) is 0 Å². The molecule has 0 radical (unpaired) electrons. The molecule has 20 heavy (non-hydrogen) atoms. The summed E-state index contributed by atoms with van der Waals surface area (Å²) in [5.74, 6) is 0. The summed E-state index contributed by atoms with van der Waals surface area (Å²) in [5.41, 5.74) is 1.37. The van der Waals surface area contributed by atoms with Crippen LogP contribution in [0.1, 0.15) is 29.8 Å². The van der Waals surface area contributed by atoms with E-state index >= 15 is 0 Å². The predicted octanol–water partition coefficient (Wildman–Crippen LogP) is 5.14. The van der Waals surface area contributed by atoms with Gasteiger partial charge in [-0.25, -0.2) is 0 Å². The molecular weight excluding hydrogens is 262 g/mol. The van der Waals surface area contributed by atoms with Gasteiger partial charge in [0.2, 0.25) is 0 Å². The average molecular weight is 281 g/mol. The van der Waals surface area contributed by atoms with Gasteiger partial charge in [-0.05, 0) is 34.2 Å². The van der Waals surface area contributed by atoms with Gasteiger partial charge in [0.15, 0.2) is 0 Å². The maximum Gasteiger partial charge on any atom is 0.0414 e. The summed E-state index contributed by atoms with van der Waals surface area (Å²) in [6.07, 6.45) is 1.12. The molecule has 1 unspecified atom stereocenters. The lowest BCUT2D eigenvalue weighted by Crippen LogP contribution is -2.19. The van der Waals surface area contributed by atoms with Gasteiger partial charge in [0, 0.05) is 17.5 Å². The number of benzene rings is 2. The molecule has 3 aromatic rings. The molecule has 0 aliphatic heterocycles. The predicted molar refractivity (Wildman–Crippen MR) is 88.1 cm³/mol. The fraction of sp³-hybridized carbons (Fsp3) is 0.222. The SMILES string of the molecule is CCC(NCc1cccc2ccccc12)c1cccs1. The fourth-order valence-corrected chi connectivity index (χ4v) is 3.50. The van der Waals surface area contributed by atoms with Crippen molar-refractivity contribution in [2.75, 3.05) is 0 Å². The third-order valence-corrected chi connectivity index (χ3v) is 4.70. The Morgan fingerprint density at radius 2 is 1.85 bits per heavy atom. The van der Waals surface area contributed by atoms with E-state index in [9.17, 15) is 0 Å². The first-order valence-electron chi connectivity index (χ1n) is 7.12. The van der Waals surface area contributed by atoms with Crippen molar-refractivity contribution in [1.82, 2.24) is 5.32 Å². The van der Waals surface area contributed by atoms with Gasteiger partial charge in [-0.15, -0.1) is 11.3 Å². The molecule has 2 aromatic carbocycles. The summed E-state index contributed by atoms with van der Waals surface area (Å²) in [5, 5.41) is 8.51. The second-order valence-corrected chi connectivity index (χ2v) is 5.97. The normalized spacial score (nSPS) is 12.7. The molecular formula is C18H19NS. The molecule has 1 atom stereocenters. The minimum atomic E-state index is 0.453. The first-order valence-corrected chi connectivity index (χ1v) is 8.00. The molecule has 0 fully saturated rings. The van der Waals surface area contributed by atoms with E-state index in [0.717, 1.165) is 13.0 Å². The van der Waals surface area contributed by atoms with Gasteiger partial charge >= 0.3 is 0 Å². The van der Waals surface area contributed by atoms with Gasteiger partial charge in [0.1, 0.15) is 0 Å². The summed E-state index contributed by atoms with van der Waals surface area (Å²) in [6, 6.07) is 19.9. The molecule has 0 aliphatic carbocycles. The maximum atomic E-state index is 3.69. The molecule has 3 rings (SSSR count). The highest BCUT2D eigenvalue weighted by Crippen LogP contribution is 2.23. The Morgan fingerprint density at radius 1 is 1.00 bits per heavy atom. The Hall–Kier alpha value is -1.64. The van der Waals surface area contributed by atoms with Crippen LogP contribution in [0.3, 0.4) is 0 Å². The van der Waals surface area contributed by atoms with Crippen molar-refractivity contribution in [2.45, 2.75) is 25.9 Å². The number of hydrogen-bond acceptors (Lipinski definition) is 2. The quantitative estimate of drug-likeness (QED) is 0.682. The largest absolute Gasteiger partial charge is 0.305 e. The molecule has 0 saturated heterocycles. The van der Waals surface area contributed by atoms with Gasteiger partial charge in [0.25, 0.3) is 0 Å². The monoisotopic (exact) mass is 281 g/mol. The van der Waals surface area contributed by atoms with E-state index < -0.39 is 0 Å². The number of thiophene rings is 1. The number of nitrogens with one attached hydrogen (secondary N) is 1. The fourth-order valence-electron chi connectivity index (χ4n) is 2.62. The van der Waals surface area contributed by atoms with Crippen molar-refractivity contribution >= 4 is 22.1 Å². The summed E-state index contributed by atoms with van der Waals surface area (Å²) < 4.78 is 0. The van der Waals surface area contributed by atoms with Crippen LogP contribution in [0.2, 0.25) is 0 Å². The lowest BCUT2D eigenvalue weighted by molar-refractivity contribution is 0.528. The van der Waals surface area contributed by atoms with E-state index in [1.807, 2.05) is 11.3 Å². The van der Waals surface area contributed by atoms with Crippen molar-refractivity contribution in [1.29, 1.82) is 0 Å². The summed E-state index contributed by atoms with van der Waals surface area (Å²) in [6.45, 7) is 3.15. The van der Waals surface area contributed by atoms with Crippen molar-refractivity contribution in [3.8, 4) is 0 Å². The highest BCUT2D eigenvalue weighted by molar-refractivity contribution is 7.10. The van der Waals surface area contributed by atoms with Gasteiger partial charge in [-0.1, -0.05) is 55.5 Å². The first kappa shape index (κ1) is 13.3. The standard InChI is InChI=1S/C18H19NS/c1-2-17(18-11-6-12-20-18)19-13-15-9-5-8-14-7-3-4-10-16(14)15/h3-12,17,19H,2,13H2,1H3. The third kappa shape index (κ3) is 2.77. The van der Waals surface area contributed by atoms with Gasteiger partial charge in [-0.2, -0.15) is 0 Å². The van der Waals surface area contributed by atoms with Gasteiger partial charge in [0.05, 0.1) is 0 Å². The van der Waals surface area contributed by atoms with Crippen molar-refractivity contribution in [2.24, 2.45) is 0 Å². The van der Waals surface area contributed by atoms with Crippen LogP contribution in [0, 0.1) is 0 Å². The smallest absolute Gasteiger partial charge is 0.0414 e. The second-order valence-electron chi connectivity index (χ2n) is 5.00. The Morgan fingerprint density at radius 3 is 2.65 bits per heavy atom. The van der Waals surface area contributed by atoms with Crippen LogP contribution in [0.4, 0.5) is 0 Å². The molecule has 102 valence electrons. The average Bonchev–Trinajstić information content (AvgIpc) is 3.02. The lowest BCUT2D eigenvalue weighted by atomic mass is 10.0. The molecule has 0 spiro atoms. The molecule has 0 saturated carbocycles. The van der Waals surface area contributed by atoms with Gasteiger partial charge < -0.3 is 5.32 Å². The van der Waals surface area contributed by atoms with E-state index in [-0.39, 0.29) is 0 Å². The van der Waals surface area contributed by atoms with E-state index in [1.165, 1.54) is 21.2 Å². The number of hydrogen-bond donors (Lipinski definition) is 1. The molecule has 0 amide bonds. The molecule has 1 aromatic heterocycles. The zero-order chi connectivity index (χ0) is 13.8. The van der Waals surface area contributed by atoms with Crippen LogP contribution in [-0.4, -0.2) is 0 Å². The molecule has 2 heteroatoms. The Labute approximate surface area is 124 Å². The van der Waals surface area contributed by atoms with Crippen LogP contribution < -0.4 is 5.32 Å². The molecule has 1 N–H and O–H groups in total. The number of fused-ring (bicyclic) bond motifs is 1. The molecule has 0 bridgehead atoms. The summed E-state index contributed by atoms with van der Waals surface area (Å²) in [4.78, 5) is 1.42.